The minimum Gasteiger partial charge on any atom is -0.454 e. The number of hydrogen-bond donors (Lipinski definition) is 1. The lowest BCUT2D eigenvalue weighted by Gasteiger charge is -2.08. The van der Waals surface area contributed by atoms with Gasteiger partial charge in [0.15, 0.2) is 11.5 Å². The molecule has 0 fully saturated rings. The zero-order valence-electron chi connectivity index (χ0n) is 15.0. The molecule has 1 amide bonds. The Bertz CT molecular complexity index is 1130. The molecule has 0 saturated carbocycles. The summed E-state index contributed by atoms with van der Waals surface area (Å²) in [6, 6.07) is 18.1. The van der Waals surface area contributed by atoms with Gasteiger partial charge in [-0.05, 0) is 48.5 Å². The molecular weight excluding hydrogens is 410 g/mol. The van der Waals surface area contributed by atoms with Crippen LogP contribution < -0.4 is 14.8 Å². The van der Waals surface area contributed by atoms with Crippen LogP contribution in [-0.2, 0) is 4.79 Å². The Morgan fingerprint density at radius 3 is 2.86 bits per heavy atom. The molecule has 6 nitrogen and oxygen atoms in total. The Labute approximate surface area is 176 Å². The third kappa shape index (κ3) is 4.45. The number of benzene rings is 2. The van der Waals surface area contributed by atoms with Gasteiger partial charge in [-0.25, -0.2) is 4.98 Å². The van der Waals surface area contributed by atoms with Crippen LogP contribution in [0.4, 0.5) is 5.69 Å². The number of thioether (sulfide) groups is 1. The molecule has 1 aliphatic heterocycles. The highest BCUT2D eigenvalue weighted by Gasteiger charge is 2.16. The van der Waals surface area contributed by atoms with Crippen molar-refractivity contribution in [3.8, 4) is 28.8 Å². The molecule has 0 unspecified atom stereocenters. The zero-order chi connectivity index (χ0) is 20.2. The van der Waals surface area contributed by atoms with Crippen LogP contribution >= 0.6 is 23.4 Å². The van der Waals surface area contributed by atoms with Crippen molar-refractivity contribution in [2.24, 2.45) is 0 Å². The summed E-state index contributed by atoms with van der Waals surface area (Å²) in [5, 5.41) is 13.2. The number of aromatic nitrogens is 1. The van der Waals surface area contributed by atoms with Gasteiger partial charge < -0.3 is 14.8 Å². The van der Waals surface area contributed by atoms with Gasteiger partial charge in [0, 0.05) is 16.3 Å². The van der Waals surface area contributed by atoms with E-state index in [4.69, 9.17) is 21.1 Å². The van der Waals surface area contributed by atoms with E-state index in [1.54, 1.807) is 36.4 Å². The van der Waals surface area contributed by atoms with E-state index in [0.29, 0.717) is 38.5 Å². The number of hydrogen-bond acceptors (Lipinski definition) is 6. The second kappa shape index (κ2) is 8.43. The van der Waals surface area contributed by atoms with Gasteiger partial charge in [0.05, 0.1) is 17.0 Å². The summed E-state index contributed by atoms with van der Waals surface area (Å²) in [6.45, 7) is 0.197. The van der Waals surface area contributed by atoms with E-state index in [0.717, 1.165) is 5.56 Å². The fraction of sp³-hybridized carbons (Fsp3) is 0.0952. The molecule has 1 aromatic heterocycles. The van der Waals surface area contributed by atoms with Crippen molar-refractivity contribution in [1.82, 2.24) is 4.98 Å². The minimum atomic E-state index is -0.212. The number of anilines is 1. The molecule has 4 rings (SSSR count). The van der Waals surface area contributed by atoms with Crippen LogP contribution in [0.5, 0.6) is 11.5 Å². The molecule has 2 heterocycles. The van der Waals surface area contributed by atoms with Gasteiger partial charge >= 0.3 is 0 Å². The largest absolute Gasteiger partial charge is 0.454 e. The van der Waals surface area contributed by atoms with Crippen molar-refractivity contribution in [2.75, 3.05) is 17.9 Å². The average Bonchev–Trinajstić information content (AvgIpc) is 3.20. The number of nitrogens with one attached hydrogen (secondary N) is 1. The number of nitrogens with zero attached hydrogens (tertiary/aromatic N) is 2. The quantitative estimate of drug-likeness (QED) is 0.597. The van der Waals surface area contributed by atoms with Gasteiger partial charge in [0.25, 0.3) is 0 Å². The number of carbonyl (C=O) groups is 1. The summed E-state index contributed by atoms with van der Waals surface area (Å²) in [5.74, 6) is 1.24. The smallest absolute Gasteiger partial charge is 0.234 e. The summed E-state index contributed by atoms with van der Waals surface area (Å²) in [5.41, 5.74) is 2.55. The molecular formula is C21H14ClN3O3S. The van der Waals surface area contributed by atoms with Crippen LogP contribution in [0.1, 0.15) is 5.56 Å². The zero-order valence-corrected chi connectivity index (χ0v) is 16.6. The SMILES string of the molecule is N#Cc1ccc(-c2ccc3c(c2)OCO3)nc1SCC(=O)Nc1cccc(Cl)c1. The van der Waals surface area contributed by atoms with E-state index in [9.17, 15) is 10.1 Å². The average molecular weight is 424 g/mol. The summed E-state index contributed by atoms with van der Waals surface area (Å²) in [4.78, 5) is 16.8. The minimum absolute atomic E-state index is 0.110. The first-order valence-corrected chi connectivity index (χ1v) is 9.98. The first-order chi connectivity index (χ1) is 14.1. The number of carbonyl (C=O) groups excluding carboxylic acids is 1. The third-order valence-corrected chi connectivity index (χ3v) is 5.32. The first-order valence-electron chi connectivity index (χ1n) is 8.62. The number of rotatable bonds is 5. The van der Waals surface area contributed by atoms with Crippen molar-refractivity contribution in [3.63, 3.8) is 0 Å². The molecule has 1 N–H and O–H groups in total. The molecule has 3 aromatic rings. The Balaban J connectivity index is 1.50. The molecule has 0 aliphatic carbocycles. The van der Waals surface area contributed by atoms with Crippen molar-refractivity contribution >= 4 is 35.0 Å². The van der Waals surface area contributed by atoms with Crippen molar-refractivity contribution in [2.45, 2.75) is 5.03 Å². The number of pyridine rings is 1. The normalized spacial score (nSPS) is 11.7. The van der Waals surface area contributed by atoms with Gasteiger partial charge in [-0.1, -0.05) is 29.4 Å². The lowest BCUT2D eigenvalue weighted by molar-refractivity contribution is -0.113. The molecule has 29 heavy (non-hydrogen) atoms. The van der Waals surface area contributed by atoms with E-state index in [1.807, 2.05) is 18.2 Å². The highest BCUT2D eigenvalue weighted by Crippen LogP contribution is 2.36. The Morgan fingerprint density at radius 2 is 2.03 bits per heavy atom. The first kappa shape index (κ1) is 19.1. The van der Waals surface area contributed by atoms with E-state index < -0.39 is 0 Å². The Hall–Kier alpha value is -3.21. The van der Waals surface area contributed by atoms with Gasteiger partial charge in [0.1, 0.15) is 11.1 Å². The summed E-state index contributed by atoms with van der Waals surface area (Å²) in [6.07, 6.45) is 0. The van der Waals surface area contributed by atoms with Crippen LogP contribution in [-0.4, -0.2) is 23.4 Å². The van der Waals surface area contributed by atoms with Crippen molar-refractivity contribution < 1.29 is 14.3 Å². The van der Waals surface area contributed by atoms with E-state index >= 15 is 0 Å². The molecule has 144 valence electrons. The second-order valence-electron chi connectivity index (χ2n) is 6.08. The standard InChI is InChI=1S/C21H14ClN3O3S/c22-15-2-1-3-16(9-15)24-20(26)11-29-21-14(10-23)4-6-17(25-21)13-5-7-18-19(8-13)28-12-27-18/h1-9H,11-12H2,(H,24,26). The highest BCUT2D eigenvalue weighted by molar-refractivity contribution is 8.00. The lowest BCUT2D eigenvalue weighted by Crippen LogP contribution is -2.14. The maximum atomic E-state index is 12.3. The van der Waals surface area contributed by atoms with E-state index in [2.05, 4.69) is 16.4 Å². The molecule has 1 aliphatic rings. The number of nitriles is 1. The monoisotopic (exact) mass is 423 g/mol. The lowest BCUT2D eigenvalue weighted by atomic mass is 10.1. The van der Waals surface area contributed by atoms with Crippen molar-refractivity contribution in [3.05, 3.63) is 65.2 Å². The van der Waals surface area contributed by atoms with Crippen LogP contribution in [0, 0.1) is 11.3 Å². The fourth-order valence-electron chi connectivity index (χ4n) is 2.75. The van der Waals surface area contributed by atoms with Gasteiger partial charge in [-0.2, -0.15) is 5.26 Å². The predicted molar refractivity (Wildman–Crippen MR) is 111 cm³/mol. The van der Waals surface area contributed by atoms with Gasteiger partial charge in [0.2, 0.25) is 12.7 Å². The number of halogens is 1. The van der Waals surface area contributed by atoms with Gasteiger partial charge in [-0.3, -0.25) is 4.79 Å². The molecule has 0 atom stereocenters. The number of amides is 1. The Morgan fingerprint density at radius 1 is 1.17 bits per heavy atom. The second-order valence-corrected chi connectivity index (χ2v) is 7.48. The molecule has 8 heteroatoms. The van der Waals surface area contributed by atoms with Crippen LogP contribution in [0.15, 0.2) is 59.6 Å². The van der Waals surface area contributed by atoms with Crippen LogP contribution in [0.2, 0.25) is 5.02 Å². The molecule has 0 bridgehead atoms. The number of ether oxygens (including phenoxy) is 2. The van der Waals surface area contributed by atoms with E-state index in [1.165, 1.54) is 11.8 Å². The summed E-state index contributed by atoms with van der Waals surface area (Å²) >= 11 is 7.14. The molecule has 0 radical (unpaired) electrons. The maximum Gasteiger partial charge on any atom is 0.234 e. The van der Waals surface area contributed by atoms with Crippen LogP contribution in [0.3, 0.4) is 0 Å². The third-order valence-electron chi connectivity index (χ3n) is 4.10. The number of fused-ring (bicyclic) bond motifs is 1. The molecule has 2 aromatic carbocycles. The van der Waals surface area contributed by atoms with Crippen LogP contribution in [0.25, 0.3) is 11.3 Å². The molecule has 0 saturated heterocycles. The van der Waals surface area contributed by atoms with Crippen molar-refractivity contribution in [1.29, 1.82) is 5.26 Å². The fourth-order valence-corrected chi connectivity index (χ4v) is 3.71. The summed E-state index contributed by atoms with van der Waals surface area (Å²) < 4.78 is 10.7. The predicted octanol–water partition coefficient (Wildman–Crippen LogP) is 4.73. The van der Waals surface area contributed by atoms with Gasteiger partial charge in [-0.15, -0.1) is 0 Å². The summed E-state index contributed by atoms with van der Waals surface area (Å²) in [7, 11) is 0. The van der Waals surface area contributed by atoms with E-state index in [-0.39, 0.29) is 18.5 Å². The Kier molecular flexibility index (Phi) is 5.56. The highest BCUT2D eigenvalue weighted by atomic mass is 35.5. The molecule has 0 spiro atoms. The topological polar surface area (TPSA) is 84.2 Å². The maximum absolute atomic E-state index is 12.3.